The third-order valence-electron chi connectivity index (χ3n) is 3.86. The van der Waals surface area contributed by atoms with Crippen LogP contribution in [-0.4, -0.2) is 29.0 Å². The Morgan fingerprint density at radius 3 is 2.71 bits per heavy atom. The summed E-state index contributed by atoms with van der Waals surface area (Å²) in [4.78, 5) is 14.1. The van der Waals surface area contributed by atoms with Crippen molar-refractivity contribution in [3.63, 3.8) is 0 Å². The van der Waals surface area contributed by atoms with Crippen LogP contribution in [0.4, 0.5) is 16.5 Å². The molecular weight excluding hydrogens is 318 g/mol. The van der Waals surface area contributed by atoms with Gasteiger partial charge in [-0.2, -0.15) is 0 Å². The van der Waals surface area contributed by atoms with Crippen molar-refractivity contribution in [2.75, 3.05) is 24.3 Å². The zero-order chi connectivity index (χ0) is 16.5. The number of H-pyrrole nitrogens is 1. The first-order valence-corrected chi connectivity index (χ1v) is 8.50. The smallest absolute Gasteiger partial charge is 0.187 e. The van der Waals surface area contributed by atoms with Crippen molar-refractivity contribution >= 4 is 38.9 Å². The SMILES string of the molecule is CN(C)c1ccc(-c2csc(Nc3ccc4[nH]cnc4c3)n2)cc1. The Balaban J connectivity index is 1.55. The van der Waals surface area contributed by atoms with Crippen molar-refractivity contribution in [3.8, 4) is 11.3 Å². The zero-order valence-electron chi connectivity index (χ0n) is 13.4. The molecule has 0 unspecified atom stereocenters. The summed E-state index contributed by atoms with van der Waals surface area (Å²) in [6.45, 7) is 0. The number of benzene rings is 2. The van der Waals surface area contributed by atoms with Gasteiger partial charge in [-0.15, -0.1) is 11.3 Å². The molecule has 2 N–H and O–H groups in total. The van der Waals surface area contributed by atoms with E-state index in [-0.39, 0.29) is 0 Å². The van der Waals surface area contributed by atoms with Crippen LogP contribution in [0.25, 0.3) is 22.3 Å². The summed E-state index contributed by atoms with van der Waals surface area (Å²) in [6, 6.07) is 14.5. The number of imidazole rings is 1. The molecule has 120 valence electrons. The van der Waals surface area contributed by atoms with Gasteiger partial charge in [-0.25, -0.2) is 9.97 Å². The molecule has 2 heterocycles. The van der Waals surface area contributed by atoms with E-state index in [2.05, 4.69) is 54.8 Å². The number of thiazole rings is 1. The molecule has 0 atom stereocenters. The average Bonchev–Trinajstić information content (AvgIpc) is 3.24. The van der Waals surface area contributed by atoms with Crippen LogP contribution in [0, 0.1) is 0 Å². The Morgan fingerprint density at radius 1 is 1.08 bits per heavy atom. The third kappa shape index (κ3) is 2.83. The van der Waals surface area contributed by atoms with Crippen molar-refractivity contribution in [1.29, 1.82) is 0 Å². The Kier molecular flexibility index (Phi) is 3.66. The molecule has 0 aliphatic rings. The lowest BCUT2D eigenvalue weighted by Crippen LogP contribution is -2.07. The lowest BCUT2D eigenvalue weighted by Gasteiger charge is -2.12. The summed E-state index contributed by atoms with van der Waals surface area (Å²) in [7, 11) is 4.08. The number of aromatic amines is 1. The van der Waals surface area contributed by atoms with Crippen LogP contribution in [0.15, 0.2) is 54.2 Å². The molecule has 0 amide bonds. The van der Waals surface area contributed by atoms with Gasteiger partial charge in [-0.1, -0.05) is 12.1 Å². The first-order valence-electron chi connectivity index (χ1n) is 7.62. The van der Waals surface area contributed by atoms with Gasteiger partial charge in [0.05, 0.1) is 23.1 Å². The minimum absolute atomic E-state index is 0.872. The average molecular weight is 335 g/mol. The zero-order valence-corrected chi connectivity index (χ0v) is 14.3. The van der Waals surface area contributed by atoms with Gasteiger partial charge >= 0.3 is 0 Å². The largest absolute Gasteiger partial charge is 0.378 e. The van der Waals surface area contributed by atoms with Gasteiger partial charge in [0.1, 0.15) is 0 Å². The highest BCUT2D eigenvalue weighted by Crippen LogP contribution is 2.29. The summed E-state index contributed by atoms with van der Waals surface area (Å²) >= 11 is 1.60. The number of fused-ring (bicyclic) bond motifs is 1. The van der Waals surface area contributed by atoms with Crippen LogP contribution in [0.5, 0.6) is 0 Å². The van der Waals surface area contributed by atoms with Crippen LogP contribution in [-0.2, 0) is 0 Å². The minimum atomic E-state index is 0.872. The van der Waals surface area contributed by atoms with Crippen LogP contribution >= 0.6 is 11.3 Å². The third-order valence-corrected chi connectivity index (χ3v) is 4.61. The molecule has 2 aromatic carbocycles. The first-order chi connectivity index (χ1) is 11.7. The Labute approximate surface area is 144 Å². The fourth-order valence-electron chi connectivity index (χ4n) is 2.53. The molecule has 0 aliphatic heterocycles. The number of nitrogens with zero attached hydrogens (tertiary/aromatic N) is 3. The van der Waals surface area contributed by atoms with E-state index in [9.17, 15) is 0 Å². The molecule has 0 bridgehead atoms. The van der Waals surface area contributed by atoms with Gasteiger partial charge in [0.2, 0.25) is 0 Å². The molecular formula is C18H17N5S. The maximum Gasteiger partial charge on any atom is 0.187 e. The maximum atomic E-state index is 4.68. The second kappa shape index (κ2) is 5.98. The summed E-state index contributed by atoms with van der Waals surface area (Å²) in [5, 5.41) is 6.29. The summed E-state index contributed by atoms with van der Waals surface area (Å²) in [5.41, 5.74) is 6.23. The van der Waals surface area contributed by atoms with Gasteiger partial charge in [0, 0.05) is 36.4 Å². The van der Waals surface area contributed by atoms with Crippen LogP contribution in [0.2, 0.25) is 0 Å². The lowest BCUT2D eigenvalue weighted by molar-refractivity contribution is 1.13. The second-order valence-corrected chi connectivity index (χ2v) is 6.60. The van der Waals surface area contributed by atoms with E-state index in [1.54, 1.807) is 17.7 Å². The standard InChI is InChI=1S/C18H17N5S/c1-23(2)14-6-3-12(4-7-14)17-10-24-18(22-17)21-13-5-8-15-16(9-13)20-11-19-15/h3-11H,1-2H3,(H,19,20)(H,21,22). The van der Waals surface area contributed by atoms with Crippen molar-refractivity contribution in [1.82, 2.24) is 15.0 Å². The van der Waals surface area contributed by atoms with E-state index in [0.717, 1.165) is 33.1 Å². The molecule has 0 radical (unpaired) electrons. The molecule has 4 rings (SSSR count). The maximum absolute atomic E-state index is 4.68. The molecule has 0 fully saturated rings. The van der Waals surface area contributed by atoms with E-state index < -0.39 is 0 Å². The predicted molar refractivity (Wildman–Crippen MR) is 101 cm³/mol. The molecule has 0 aliphatic carbocycles. The summed E-state index contributed by atoms with van der Waals surface area (Å²) < 4.78 is 0. The van der Waals surface area contributed by atoms with Gasteiger partial charge in [0.25, 0.3) is 0 Å². The van der Waals surface area contributed by atoms with Gasteiger partial charge in [-0.05, 0) is 30.3 Å². The van der Waals surface area contributed by atoms with E-state index in [4.69, 9.17) is 0 Å². The highest BCUT2D eigenvalue weighted by molar-refractivity contribution is 7.14. The number of rotatable bonds is 4. The number of aromatic nitrogens is 3. The van der Waals surface area contributed by atoms with E-state index >= 15 is 0 Å². The normalized spacial score (nSPS) is 10.9. The van der Waals surface area contributed by atoms with Gasteiger partial charge in [-0.3, -0.25) is 0 Å². The van der Waals surface area contributed by atoms with Crippen LogP contribution in [0.1, 0.15) is 0 Å². The number of hydrogen-bond acceptors (Lipinski definition) is 5. The first kappa shape index (κ1) is 14.7. The molecule has 5 nitrogen and oxygen atoms in total. The van der Waals surface area contributed by atoms with Crippen molar-refractivity contribution < 1.29 is 0 Å². The lowest BCUT2D eigenvalue weighted by atomic mass is 10.1. The molecule has 2 aromatic heterocycles. The molecule has 24 heavy (non-hydrogen) atoms. The van der Waals surface area contributed by atoms with Crippen LogP contribution in [0.3, 0.4) is 0 Å². The fraction of sp³-hybridized carbons (Fsp3) is 0.111. The quantitative estimate of drug-likeness (QED) is 0.577. The number of nitrogens with one attached hydrogen (secondary N) is 2. The summed E-state index contributed by atoms with van der Waals surface area (Å²) in [5.74, 6) is 0. The van der Waals surface area contributed by atoms with E-state index in [0.29, 0.717) is 0 Å². The molecule has 4 aromatic rings. The fourth-order valence-corrected chi connectivity index (χ4v) is 3.27. The van der Waals surface area contributed by atoms with E-state index in [1.165, 1.54) is 5.69 Å². The molecule has 6 heteroatoms. The van der Waals surface area contributed by atoms with Crippen molar-refractivity contribution in [3.05, 3.63) is 54.2 Å². The Morgan fingerprint density at radius 2 is 1.92 bits per heavy atom. The van der Waals surface area contributed by atoms with Crippen molar-refractivity contribution in [2.24, 2.45) is 0 Å². The van der Waals surface area contributed by atoms with E-state index in [1.807, 2.05) is 32.3 Å². The highest BCUT2D eigenvalue weighted by Gasteiger charge is 2.06. The minimum Gasteiger partial charge on any atom is -0.378 e. The number of anilines is 3. The van der Waals surface area contributed by atoms with Gasteiger partial charge < -0.3 is 15.2 Å². The highest BCUT2D eigenvalue weighted by atomic mass is 32.1. The van der Waals surface area contributed by atoms with Gasteiger partial charge in [0.15, 0.2) is 5.13 Å². The predicted octanol–water partition coefficient (Wildman–Crippen LogP) is 4.50. The van der Waals surface area contributed by atoms with Crippen molar-refractivity contribution in [2.45, 2.75) is 0 Å². The molecule has 0 saturated carbocycles. The molecule has 0 spiro atoms. The Bertz CT molecular complexity index is 968. The molecule has 0 saturated heterocycles. The Hall–Kier alpha value is -2.86. The summed E-state index contributed by atoms with van der Waals surface area (Å²) in [6.07, 6.45) is 1.70. The monoisotopic (exact) mass is 335 g/mol. The second-order valence-electron chi connectivity index (χ2n) is 5.74. The van der Waals surface area contributed by atoms with Crippen LogP contribution < -0.4 is 10.2 Å². The topological polar surface area (TPSA) is 56.8 Å². The number of hydrogen-bond donors (Lipinski definition) is 2.